The fraction of sp³-hybridized carbons (Fsp3) is 0.824. The minimum Gasteiger partial charge on any atom is -0.466 e. The molecule has 0 aromatic rings. The molecule has 0 aliphatic heterocycles. The van der Waals surface area contributed by atoms with Gasteiger partial charge in [0, 0.05) is 12.5 Å². The summed E-state index contributed by atoms with van der Waals surface area (Å²) in [4.78, 5) is 55.0. The third-order valence-corrected chi connectivity index (χ3v) is 20.5. The number of esters is 3. The van der Waals surface area contributed by atoms with Crippen LogP contribution < -0.4 is 0 Å². The van der Waals surface area contributed by atoms with Gasteiger partial charge in [-0.3, -0.25) is 46.6 Å². The number of carbonyl (C=O) groups is 5. The number of hydrogen-bond donors (Lipinski definition) is 0. The Kier molecular flexibility index (Phi) is 67.5. The molecule has 0 aliphatic carbocycles. The fourth-order valence-electron chi connectivity index (χ4n) is 5.50. The van der Waals surface area contributed by atoms with Crippen molar-refractivity contribution in [1.82, 2.24) is 0 Å². The van der Waals surface area contributed by atoms with E-state index >= 15 is 0 Å². The van der Waals surface area contributed by atoms with Gasteiger partial charge in [0.2, 0.25) is 0 Å². The van der Waals surface area contributed by atoms with Gasteiger partial charge in [-0.2, -0.15) is 0 Å². The second-order valence-corrected chi connectivity index (χ2v) is 27.7. The first kappa shape index (κ1) is 94.8. The van der Waals surface area contributed by atoms with E-state index < -0.39 is 57.5 Å². The summed E-state index contributed by atoms with van der Waals surface area (Å²) in [5.74, 6) is -1.65. The number of ketones is 2. The first-order chi connectivity index (χ1) is 38.4. The zero-order valence-corrected chi connectivity index (χ0v) is 57.8. The van der Waals surface area contributed by atoms with Crippen LogP contribution in [0.1, 0.15) is 145 Å². The topological polar surface area (TPSA) is 326 Å². The van der Waals surface area contributed by atoms with Gasteiger partial charge in [-0.15, -0.1) is 6.58 Å². The second-order valence-electron chi connectivity index (χ2n) is 15.2. The highest BCUT2D eigenvalue weighted by molar-refractivity contribution is 7.56. The molecule has 0 saturated heterocycles. The van der Waals surface area contributed by atoms with Crippen molar-refractivity contribution in [3.05, 3.63) is 24.3 Å². The Morgan fingerprint density at radius 1 is 0.361 bits per heavy atom. The Morgan fingerprint density at radius 2 is 0.651 bits per heavy atom. The van der Waals surface area contributed by atoms with Crippen LogP contribution >= 0.6 is 45.6 Å². The molecule has 0 unspecified atom stereocenters. The lowest BCUT2D eigenvalue weighted by Crippen LogP contribution is -2.12. The maximum atomic E-state index is 12.1. The summed E-state index contributed by atoms with van der Waals surface area (Å²) in [6, 6.07) is 0. The minimum absolute atomic E-state index is 0. The van der Waals surface area contributed by atoms with Gasteiger partial charge in [-0.1, -0.05) is 26.0 Å². The van der Waals surface area contributed by atoms with Gasteiger partial charge in [-0.05, 0) is 118 Å². The molecular formula is C51H108O26P6. The predicted octanol–water partition coefficient (Wildman–Crippen LogP) is 13.9. The molecule has 0 atom stereocenters. The van der Waals surface area contributed by atoms with Gasteiger partial charge < -0.3 is 68.5 Å². The molecule has 0 heterocycles. The van der Waals surface area contributed by atoms with E-state index in [1.54, 1.807) is 124 Å². The lowest BCUT2D eigenvalue weighted by molar-refractivity contribution is -0.143. The van der Waals surface area contributed by atoms with Crippen LogP contribution in [0.5, 0.6) is 0 Å². The molecule has 0 aliphatic rings. The smallest absolute Gasteiger partial charge is 0.341 e. The van der Waals surface area contributed by atoms with Crippen molar-refractivity contribution in [3.8, 4) is 0 Å². The summed E-state index contributed by atoms with van der Waals surface area (Å²) < 4.78 is 144. The maximum Gasteiger partial charge on any atom is 0.341 e. The van der Waals surface area contributed by atoms with E-state index in [1.807, 2.05) is 0 Å². The zero-order valence-electron chi connectivity index (χ0n) is 52.4. The van der Waals surface area contributed by atoms with Crippen LogP contribution in [0.25, 0.3) is 0 Å². The zero-order chi connectivity index (χ0) is 64.7. The van der Waals surface area contributed by atoms with Crippen molar-refractivity contribution in [3.63, 3.8) is 0 Å². The van der Waals surface area contributed by atoms with Gasteiger partial charge in [0.15, 0.2) is 0 Å². The van der Waals surface area contributed by atoms with Crippen LogP contribution in [-0.4, -0.2) is 166 Å². The molecule has 0 radical (unpaired) electrons. The van der Waals surface area contributed by atoms with Gasteiger partial charge in [0.05, 0.1) is 124 Å². The van der Waals surface area contributed by atoms with Crippen LogP contribution in [-0.2, 0) is 120 Å². The molecule has 0 saturated carbocycles. The Morgan fingerprint density at radius 3 is 0.952 bits per heavy atom. The molecule has 83 heavy (non-hydrogen) atoms. The highest BCUT2D eigenvalue weighted by Gasteiger charge is 2.30. The molecule has 0 bridgehead atoms. The quantitative estimate of drug-likeness (QED) is 0.0180. The number of Topliss-reactive ketones (excluding diaryl/α,β-unsaturated/α-hetero) is 2. The van der Waals surface area contributed by atoms with Gasteiger partial charge in [-0.25, -0.2) is 4.79 Å². The van der Waals surface area contributed by atoms with Crippen LogP contribution in [0, 0.1) is 0 Å². The molecule has 0 rings (SSSR count). The van der Waals surface area contributed by atoms with Gasteiger partial charge in [0.1, 0.15) is 30.1 Å². The highest BCUT2D eigenvalue weighted by atomic mass is 31.2. The molecule has 32 heteroatoms. The normalized spacial score (nSPS) is 11.6. The van der Waals surface area contributed by atoms with Crippen LogP contribution in [0.15, 0.2) is 24.3 Å². The number of rotatable bonds is 42. The van der Waals surface area contributed by atoms with Crippen LogP contribution in [0.2, 0.25) is 0 Å². The van der Waals surface area contributed by atoms with E-state index in [4.69, 9.17) is 63.8 Å². The summed E-state index contributed by atoms with van der Waals surface area (Å²) >= 11 is 0. The van der Waals surface area contributed by atoms with Crippen molar-refractivity contribution in [2.75, 3.05) is 136 Å². The first-order valence-electron chi connectivity index (χ1n) is 27.5. The van der Waals surface area contributed by atoms with Crippen molar-refractivity contribution in [2.45, 2.75) is 145 Å². The molecule has 0 amide bonds. The van der Waals surface area contributed by atoms with Crippen molar-refractivity contribution >= 4 is 75.0 Å². The number of ether oxygens (including phenoxy) is 3. The van der Waals surface area contributed by atoms with E-state index in [0.29, 0.717) is 91.3 Å². The van der Waals surface area contributed by atoms with Crippen LogP contribution in [0.4, 0.5) is 0 Å². The average molecular weight is 1320 g/mol. The van der Waals surface area contributed by atoms with Crippen molar-refractivity contribution in [1.29, 1.82) is 0 Å². The lowest BCUT2D eigenvalue weighted by atomic mass is 10.3. The Hall–Kier alpha value is -1.87. The van der Waals surface area contributed by atoms with E-state index in [-0.39, 0.29) is 88.2 Å². The van der Waals surface area contributed by atoms with Crippen LogP contribution in [0.3, 0.4) is 0 Å². The van der Waals surface area contributed by atoms with Crippen molar-refractivity contribution in [2.24, 2.45) is 0 Å². The summed E-state index contributed by atoms with van der Waals surface area (Å²) in [7, 11) is -18.6. The fourth-order valence-corrected chi connectivity index (χ4v) is 15.0. The molecule has 498 valence electrons. The molecule has 0 aromatic carbocycles. The monoisotopic (exact) mass is 1320 g/mol. The average Bonchev–Trinajstić information content (AvgIpc) is 3.35. The Balaban J connectivity index is -0.000000167. The molecular weight excluding hydrogens is 1210 g/mol. The molecule has 0 spiro atoms. The Labute approximate surface area is 498 Å². The summed E-state index contributed by atoms with van der Waals surface area (Å²) in [6.45, 7) is 38.8. The summed E-state index contributed by atoms with van der Waals surface area (Å²) in [6.07, 6.45) is 3.20. The van der Waals surface area contributed by atoms with E-state index in [2.05, 4.69) is 11.3 Å². The summed E-state index contributed by atoms with van der Waals surface area (Å²) in [5, 5.41) is 0. The Bertz CT molecular complexity index is 1960. The van der Waals surface area contributed by atoms with Gasteiger partial charge >= 0.3 is 63.5 Å². The van der Waals surface area contributed by atoms with Gasteiger partial charge in [0.25, 0.3) is 0 Å². The molecule has 26 nitrogen and oxygen atoms in total. The second kappa shape index (κ2) is 59.1. The number of carbonyl (C=O) groups excluding carboxylic acids is 5. The number of allylic oxidation sites excluding steroid dienone is 2. The SMILES string of the molecule is C.C=CCP(=O)(OCC)OCC.CCOC(=O)/C=C(\C)CP(=O)(OCC)OCC.CCOC(=O)CCP(=O)(OCC)OCC.CCOC(=O)CP(=O)(OCC)OCC.CCOP(=O)(CC(=O)CC)OCC.CCOP(=O)(CC(C)=O)OCC. The first-order valence-corrected chi connectivity index (χ1v) is 37.8. The van der Waals surface area contributed by atoms with E-state index in [9.17, 15) is 51.4 Å². The standard InChI is InChI=1S/C11H21O5P.C9H19O5P.C8H17O5P.C8H17O4P.C7H15O4P.C7H15O3P.CH4/c1-5-14-11(12)8-10(4)9-17(13,15-6-2)16-7-3;1-4-12-9(10)7-8-15(11,13-5-2)14-6-3;1-4-11-8(9)7-14(10,12-5-2)13-6-3;1-4-8(9)7-13(10,11-5-2)12-6-3;1-4-10-12(9,11-5-2)6-7(3)8;1-4-7-11(8,9-5-2)10-6-3;/h8H,5-7,9H2,1-4H3;4-8H2,1-3H3;4-7H2,1-3H3;4-7H2,1-3H3;4-6H2,1-3H3;4H,1,5-7H2,2-3H3;1H4/b10-8+;;;;;;. The molecule has 0 fully saturated rings. The third-order valence-electron chi connectivity index (χ3n) is 8.06. The molecule has 0 N–H and O–H groups in total. The van der Waals surface area contributed by atoms with E-state index in [1.165, 1.54) is 13.0 Å². The summed E-state index contributed by atoms with van der Waals surface area (Å²) in [5.41, 5.74) is 0.619. The minimum atomic E-state index is -3.28. The van der Waals surface area contributed by atoms with E-state index in [0.717, 1.165) is 0 Å². The highest BCUT2D eigenvalue weighted by Crippen LogP contribution is 2.51. The maximum absolute atomic E-state index is 12.1. The lowest BCUT2D eigenvalue weighted by Gasteiger charge is -2.16. The number of hydrogen-bond acceptors (Lipinski definition) is 26. The molecule has 0 aromatic heterocycles. The third kappa shape index (κ3) is 58.9. The largest absolute Gasteiger partial charge is 0.466 e. The van der Waals surface area contributed by atoms with Crippen molar-refractivity contribution < 1.29 is 120 Å². The predicted molar refractivity (Wildman–Crippen MR) is 326 cm³/mol.